The summed E-state index contributed by atoms with van der Waals surface area (Å²) in [4.78, 5) is 11.6. The number of carbonyl (C=O) groups is 1. The first-order valence-electron chi connectivity index (χ1n) is 6.68. The van der Waals surface area contributed by atoms with Gasteiger partial charge in [0, 0.05) is 7.11 Å². The van der Waals surface area contributed by atoms with E-state index in [9.17, 15) is 13.2 Å². The van der Waals surface area contributed by atoms with Gasteiger partial charge in [-0.1, -0.05) is 30.3 Å². The van der Waals surface area contributed by atoms with Crippen LogP contribution in [-0.4, -0.2) is 28.6 Å². The molecule has 0 spiro atoms. The smallest absolute Gasteiger partial charge is 0.339 e. The minimum atomic E-state index is -3.90. The van der Waals surface area contributed by atoms with E-state index in [1.54, 1.807) is 30.3 Å². The van der Waals surface area contributed by atoms with Crippen molar-refractivity contribution in [3.8, 4) is 5.75 Å². The largest absolute Gasteiger partial charge is 0.467 e. The molecule has 1 atom stereocenters. The molecule has 0 N–H and O–H groups in total. The summed E-state index contributed by atoms with van der Waals surface area (Å²) in [6.07, 6.45) is -0.875. The van der Waals surface area contributed by atoms with E-state index in [1.165, 1.54) is 38.5 Å². The fourth-order valence-corrected chi connectivity index (χ4v) is 2.89. The van der Waals surface area contributed by atoms with Crippen molar-refractivity contribution in [2.24, 2.45) is 0 Å². The maximum atomic E-state index is 12.1. The highest BCUT2D eigenvalue weighted by atomic mass is 32.2. The third kappa shape index (κ3) is 4.08. The molecule has 6 nitrogen and oxygen atoms in total. The molecule has 122 valence electrons. The van der Waals surface area contributed by atoms with E-state index in [1.807, 2.05) is 0 Å². The van der Waals surface area contributed by atoms with Crippen LogP contribution in [0.1, 0.15) is 11.7 Å². The lowest BCUT2D eigenvalue weighted by molar-refractivity contribution is -0.152. The molecule has 23 heavy (non-hydrogen) atoms. The van der Waals surface area contributed by atoms with Gasteiger partial charge in [-0.3, -0.25) is 0 Å². The summed E-state index contributed by atoms with van der Waals surface area (Å²) in [7, 11) is -1.25. The molecule has 0 bridgehead atoms. The Labute approximate surface area is 134 Å². The molecule has 0 heterocycles. The van der Waals surface area contributed by atoms with Crippen molar-refractivity contribution in [3.63, 3.8) is 0 Å². The Bertz CT molecular complexity index is 753. The Hall–Kier alpha value is -2.38. The van der Waals surface area contributed by atoms with Gasteiger partial charge in [0.05, 0.1) is 7.11 Å². The molecule has 0 aliphatic carbocycles. The van der Waals surface area contributed by atoms with E-state index in [0.29, 0.717) is 5.56 Å². The van der Waals surface area contributed by atoms with Crippen molar-refractivity contribution < 1.29 is 26.9 Å². The topological polar surface area (TPSA) is 78.9 Å². The Morgan fingerprint density at radius 1 is 0.957 bits per heavy atom. The summed E-state index contributed by atoms with van der Waals surface area (Å²) in [5.41, 5.74) is 0.531. The fourth-order valence-electron chi connectivity index (χ4n) is 1.94. The van der Waals surface area contributed by atoms with E-state index < -0.39 is 22.2 Å². The van der Waals surface area contributed by atoms with Gasteiger partial charge < -0.3 is 13.7 Å². The van der Waals surface area contributed by atoms with Gasteiger partial charge in [-0.05, 0) is 29.8 Å². The second-order valence-corrected chi connectivity index (χ2v) is 6.10. The zero-order chi connectivity index (χ0) is 16.9. The molecule has 1 unspecified atom stereocenters. The predicted molar refractivity (Wildman–Crippen MR) is 82.5 cm³/mol. The van der Waals surface area contributed by atoms with Crippen LogP contribution in [0.25, 0.3) is 0 Å². The van der Waals surface area contributed by atoms with Gasteiger partial charge in [0.25, 0.3) is 0 Å². The highest BCUT2D eigenvalue weighted by Gasteiger charge is 2.21. The lowest BCUT2D eigenvalue weighted by Crippen LogP contribution is -2.16. The van der Waals surface area contributed by atoms with E-state index in [2.05, 4.69) is 4.74 Å². The number of hydrogen-bond donors (Lipinski definition) is 0. The average Bonchev–Trinajstić information content (AvgIpc) is 2.57. The molecule has 2 aromatic rings. The lowest BCUT2D eigenvalue weighted by atomic mass is 10.1. The summed E-state index contributed by atoms with van der Waals surface area (Å²) in [6.45, 7) is 0. The third-order valence-electron chi connectivity index (χ3n) is 3.07. The first kappa shape index (κ1) is 17.0. The summed E-state index contributed by atoms with van der Waals surface area (Å²) >= 11 is 0. The van der Waals surface area contributed by atoms with Gasteiger partial charge in [-0.2, -0.15) is 8.42 Å². The zero-order valence-corrected chi connectivity index (χ0v) is 13.4. The van der Waals surface area contributed by atoms with Gasteiger partial charge in [0.15, 0.2) is 6.10 Å². The molecule has 7 heteroatoms. The number of hydrogen-bond acceptors (Lipinski definition) is 6. The standard InChI is InChI=1S/C16H16O6S/c1-20-15(16(17)21-2)12-8-10-13(11-9-12)22-23(18,19)14-6-4-3-5-7-14/h3-11,15H,1-2H3. The molecular formula is C16H16O6S. The highest BCUT2D eigenvalue weighted by Crippen LogP contribution is 2.23. The van der Waals surface area contributed by atoms with E-state index >= 15 is 0 Å². The van der Waals surface area contributed by atoms with Gasteiger partial charge >= 0.3 is 16.1 Å². The van der Waals surface area contributed by atoms with E-state index in [0.717, 1.165) is 0 Å². The first-order valence-corrected chi connectivity index (χ1v) is 8.09. The molecule has 0 aromatic heterocycles. The summed E-state index contributed by atoms with van der Waals surface area (Å²) in [6, 6.07) is 13.8. The number of benzene rings is 2. The minimum Gasteiger partial charge on any atom is -0.467 e. The minimum absolute atomic E-state index is 0.0633. The van der Waals surface area contributed by atoms with Gasteiger partial charge in [-0.25, -0.2) is 4.79 Å². The molecule has 0 amide bonds. The Morgan fingerprint density at radius 3 is 2.09 bits per heavy atom. The number of ether oxygens (including phenoxy) is 2. The average molecular weight is 336 g/mol. The normalized spacial score (nSPS) is 12.4. The molecule has 0 aliphatic rings. The van der Waals surface area contributed by atoms with Crippen LogP contribution in [0.5, 0.6) is 5.75 Å². The Morgan fingerprint density at radius 2 is 1.57 bits per heavy atom. The Kier molecular flexibility index (Phi) is 5.36. The second kappa shape index (κ2) is 7.26. The predicted octanol–water partition coefficient (Wildman–Crippen LogP) is 2.31. The molecule has 0 radical (unpaired) electrons. The van der Waals surface area contributed by atoms with E-state index in [-0.39, 0.29) is 10.6 Å². The second-order valence-electron chi connectivity index (χ2n) is 4.56. The number of methoxy groups -OCH3 is 2. The van der Waals surface area contributed by atoms with Crippen molar-refractivity contribution >= 4 is 16.1 Å². The summed E-state index contributed by atoms with van der Waals surface area (Å²) in [5, 5.41) is 0. The van der Waals surface area contributed by atoms with E-state index in [4.69, 9.17) is 8.92 Å². The van der Waals surface area contributed by atoms with Crippen LogP contribution < -0.4 is 4.18 Å². The van der Waals surface area contributed by atoms with Crippen molar-refractivity contribution in [3.05, 3.63) is 60.2 Å². The van der Waals surface area contributed by atoms with Crippen LogP contribution in [0.2, 0.25) is 0 Å². The van der Waals surface area contributed by atoms with Crippen molar-refractivity contribution in [2.75, 3.05) is 14.2 Å². The van der Waals surface area contributed by atoms with Crippen LogP contribution in [0.4, 0.5) is 0 Å². The summed E-state index contributed by atoms with van der Waals surface area (Å²) in [5.74, 6) is -0.407. The van der Waals surface area contributed by atoms with Crippen molar-refractivity contribution in [1.82, 2.24) is 0 Å². The maximum Gasteiger partial charge on any atom is 0.339 e. The third-order valence-corrected chi connectivity index (χ3v) is 4.33. The monoisotopic (exact) mass is 336 g/mol. The van der Waals surface area contributed by atoms with Crippen molar-refractivity contribution in [1.29, 1.82) is 0 Å². The van der Waals surface area contributed by atoms with Crippen LogP contribution in [0.3, 0.4) is 0 Å². The van der Waals surface area contributed by atoms with Gasteiger partial charge in [-0.15, -0.1) is 0 Å². The van der Waals surface area contributed by atoms with Crippen LogP contribution >= 0.6 is 0 Å². The number of carbonyl (C=O) groups excluding carboxylic acids is 1. The van der Waals surface area contributed by atoms with Crippen LogP contribution in [-0.2, 0) is 24.4 Å². The fraction of sp³-hybridized carbons (Fsp3) is 0.188. The maximum absolute atomic E-state index is 12.1. The lowest BCUT2D eigenvalue weighted by Gasteiger charge is -2.13. The molecule has 0 saturated carbocycles. The molecule has 0 aliphatic heterocycles. The number of rotatable bonds is 6. The zero-order valence-electron chi connectivity index (χ0n) is 12.6. The summed E-state index contributed by atoms with van der Waals surface area (Å²) < 4.78 is 39.0. The quantitative estimate of drug-likeness (QED) is 0.595. The molecular weight excluding hydrogens is 320 g/mol. The van der Waals surface area contributed by atoms with Crippen LogP contribution in [0.15, 0.2) is 59.5 Å². The number of esters is 1. The SMILES string of the molecule is COC(=O)C(OC)c1ccc(OS(=O)(=O)c2ccccc2)cc1. The molecule has 0 fully saturated rings. The van der Waals surface area contributed by atoms with Crippen LogP contribution in [0, 0.1) is 0 Å². The van der Waals surface area contributed by atoms with Gasteiger partial charge in [0.1, 0.15) is 10.6 Å². The first-order chi connectivity index (χ1) is 11.0. The highest BCUT2D eigenvalue weighted by molar-refractivity contribution is 7.87. The Balaban J connectivity index is 2.19. The molecule has 2 rings (SSSR count). The molecule has 0 saturated heterocycles. The van der Waals surface area contributed by atoms with Crippen molar-refractivity contribution in [2.45, 2.75) is 11.0 Å². The van der Waals surface area contributed by atoms with Gasteiger partial charge in [0.2, 0.25) is 0 Å². The molecule has 2 aromatic carbocycles.